The van der Waals surface area contributed by atoms with Crippen LogP contribution in [0.15, 0.2) is 77.6 Å². The second-order valence-corrected chi connectivity index (χ2v) is 8.15. The normalized spacial score (nSPS) is 10.7. The summed E-state index contributed by atoms with van der Waals surface area (Å²) in [5.41, 5.74) is 2.92. The minimum atomic E-state index is -0.527. The first kappa shape index (κ1) is 23.7. The maximum absolute atomic E-state index is 13.6. The summed E-state index contributed by atoms with van der Waals surface area (Å²) in [5, 5.41) is 2.79. The number of amides is 2. The van der Waals surface area contributed by atoms with Gasteiger partial charge in [-0.2, -0.15) is 0 Å². The Morgan fingerprint density at radius 2 is 1.69 bits per heavy atom. The number of benzene rings is 3. The largest absolute Gasteiger partial charge is 0.495 e. The summed E-state index contributed by atoms with van der Waals surface area (Å²) in [5.74, 6) is -0.251. The molecule has 1 aromatic heterocycles. The van der Waals surface area contributed by atoms with Gasteiger partial charge >= 0.3 is 0 Å². The second-order valence-electron chi connectivity index (χ2n) is 8.15. The standard InChI is InChI=1S/C27H26N4O4/c1-18-12-14-20(15-13-18)16-30(19(2)32)26-27(34)31(23-10-6-4-8-21(23)29-26)17-25(33)28-22-9-5-7-11-24(22)35-3/h4-15H,16-17H2,1-3H3,(H,28,33). The Hall–Kier alpha value is -4.46. The minimum absolute atomic E-state index is 0.0260. The third-order valence-electron chi connectivity index (χ3n) is 5.62. The molecule has 178 valence electrons. The molecule has 35 heavy (non-hydrogen) atoms. The number of hydrogen-bond donors (Lipinski definition) is 1. The topological polar surface area (TPSA) is 93.5 Å². The van der Waals surface area contributed by atoms with E-state index in [0.717, 1.165) is 11.1 Å². The molecule has 8 heteroatoms. The van der Waals surface area contributed by atoms with E-state index in [1.165, 1.54) is 23.5 Å². The van der Waals surface area contributed by atoms with Crippen LogP contribution in [0.2, 0.25) is 0 Å². The maximum atomic E-state index is 13.6. The van der Waals surface area contributed by atoms with Gasteiger partial charge in [0.1, 0.15) is 12.3 Å². The molecule has 1 heterocycles. The monoisotopic (exact) mass is 470 g/mol. The van der Waals surface area contributed by atoms with Crippen LogP contribution in [0.1, 0.15) is 18.1 Å². The zero-order valence-electron chi connectivity index (χ0n) is 19.8. The number of fused-ring (bicyclic) bond motifs is 1. The van der Waals surface area contributed by atoms with Crippen molar-refractivity contribution >= 4 is 34.4 Å². The maximum Gasteiger partial charge on any atom is 0.294 e. The van der Waals surface area contributed by atoms with Crippen LogP contribution < -0.4 is 20.5 Å². The highest BCUT2D eigenvalue weighted by molar-refractivity contribution is 5.94. The molecule has 0 bridgehead atoms. The van der Waals surface area contributed by atoms with Crippen molar-refractivity contribution in [3.63, 3.8) is 0 Å². The van der Waals surface area contributed by atoms with Gasteiger partial charge in [0.15, 0.2) is 0 Å². The zero-order valence-corrected chi connectivity index (χ0v) is 19.8. The van der Waals surface area contributed by atoms with Gasteiger partial charge in [0.25, 0.3) is 5.56 Å². The summed E-state index contributed by atoms with van der Waals surface area (Å²) in [6.07, 6.45) is 0. The van der Waals surface area contributed by atoms with Gasteiger partial charge < -0.3 is 10.1 Å². The molecule has 0 radical (unpaired) electrons. The molecule has 0 aliphatic carbocycles. The molecule has 2 amide bonds. The number of carbonyl (C=O) groups excluding carboxylic acids is 2. The van der Waals surface area contributed by atoms with Crippen LogP contribution in [0.25, 0.3) is 11.0 Å². The molecule has 8 nitrogen and oxygen atoms in total. The number of anilines is 2. The number of methoxy groups -OCH3 is 1. The van der Waals surface area contributed by atoms with Crippen molar-refractivity contribution in [1.29, 1.82) is 0 Å². The van der Waals surface area contributed by atoms with Crippen molar-refractivity contribution < 1.29 is 14.3 Å². The number of ether oxygens (including phenoxy) is 1. The van der Waals surface area contributed by atoms with Crippen LogP contribution in [0.4, 0.5) is 11.5 Å². The summed E-state index contributed by atoms with van der Waals surface area (Å²) >= 11 is 0. The van der Waals surface area contributed by atoms with Gasteiger partial charge in [0.2, 0.25) is 17.6 Å². The van der Waals surface area contributed by atoms with E-state index in [9.17, 15) is 14.4 Å². The Morgan fingerprint density at radius 3 is 2.40 bits per heavy atom. The molecular weight excluding hydrogens is 444 g/mol. The highest BCUT2D eigenvalue weighted by Gasteiger charge is 2.22. The Bertz CT molecular complexity index is 1440. The first-order valence-corrected chi connectivity index (χ1v) is 11.1. The SMILES string of the molecule is COc1ccccc1NC(=O)Cn1c(=O)c(N(Cc2ccc(C)cc2)C(C)=O)nc2ccccc21. The molecule has 0 saturated heterocycles. The van der Waals surface area contributed by atoms with Gasteiger partial charge in [-0.3, -0.25) is 23.9 Å². The molecule has 0 unspecified atom stereocenters. The Labute approximate surface area is 202 Å². The molecule has 4 aromatic rings. The van der Waals surface area contributed by atoms with Crippen LogP contribution in [0.5, 0.6) is 5.75 Å². The number of aryl methyl sites for hydroxylation is 1. The first-order chi connectivity index (χ1) is 16.9. The smallest absolute Gasteiger partial charge is 0.294 e. The quantitative estimate of drug-likeness (QED) is 0.442. The number of carbonyl (C=O) groups is 2. The van der Waals surface area contributed by atoms with E-state index in [1.54, 1.807) is 48.5 Å². The van der Waals surface area contributed by atoms with E-state index in [-0.39, 0.29) is 24.8 Å². The molecule has 0 aliphatic heterocycles. The molecule has 4 rings (SSSR count). The molecular formula is C27H26N4O4. The fourth-order valence-electron chi connectivity index (χ4n) is 3.80. The van der Waals surface area contributed by atoms with Crippen molar-refractivity contribution in [3.05, 3.63) is 94.3 Å². The predicted molar refractivity (Wildman–Crippen MR) is 136 cm³/mol. The molecule has 1 N–H and O–H groups in total. The van der Waals surface area contributed by atoms with Crippen LogP contribution in [-0.2, 0) is 22.7 Å². The summed E-state index contributed by atoms with van der Waals surface area (Å²) in [6.45, 7) is 3.29. The van der Waals surface area contributed by atoms with Crippen molar-refractivity contribution in [2.75, 3.05) is 17.3 Å². The lowest BCUT2D eigenvalue weighted by Gasteiger charge is -2.22. The molecule has 0 aliphatic rings. The third kappa shape index (κ3) is 5.22. The average molecular weight is 471 g/mol. The number of aromatic nitrogens is 2. The van der Waals surface area contributed by atoms with Crippen molar-refractivity contribution in [2.45, 2.75) is 26.9 Å². The summed E-state index contributed by atoms with van der Waals surface area (Å²) in [4.78, 5) is 45.0. The predicted octanol–water partition coefficient (Wildman–Crippen LogP) is 3.91. The molecule has 3 aromatic carbocycles. The van der Waals surface area contributed by atoms with Crippen molar-refractivity contribution in [1.82, 2.24) is 9.55 Å². The average Bonchev–Trinajstić information content (AvgIpc) is 2.85. The van der Waals surface area contributed by atoms with Gasteiger partial charge in [-0.05, 0) is 36.8 Å². The van der Waals surface area contributed by atoms with Gasteiger partial charge in [-0.25, -0.2) is 4.98 Å². The van der Waals surface area contributed by atoms with Crippen molar-refractivity contribution in [2.24, 2.45) is 0 Å². The highest BCUT2D eigenvalue weighted by atomic mass is 16.5. The van der Waals surface area contributed by atoms with Crippen LogP contribution in [0.3, 0.4) is 0 Å². The molecule has 0 atom stereocenters. The molecule has 0 spiro atoms. The lowest BCUT2D eigenvalue weighted by Crippen LogP contribution is -2.38. The van der Waals surface area contributed by atoms with Gasteiger partial charge in [-0.15, -0.1) is 0 Å². The van der Waals surface area contributed by atoms with Gasteiger partial charge in [0.05, 0.1) is 30.4 Å². The van der Waals surface area contributed by atoms with Crippen LogP contribution >= 0.6 is 0 Å². The van der Waals surface area contributed by atoms with Crippen LogP contribution in [0, 0.1) is 6.92 Å². The third-order valence-corrected chi connectivity index (χ3v) is 5.62. The Balaban J connectivity index is 1.74. The number of para-hydroxylation sites is 4. The summed E-state index contributed by atoms with van der Waals surface area (Å²) in [6, 6.07) is 21.8. The van der Waals surface area contributed by atoms with E-state index in [2.05, 4.69) is 10.3 Å². The van der Waals surface area contributed by atoms with Crippen LogP contribution in [-0.4, -0.2) is 28.5 Å². The van der Waals surface area contributed by atoms with E-state index >= 15 is 0 Å². The van der Waals surface area contributed by atoms with E-state index < -0.39 is 11.5 Å². The first-order valence-electron chi connectivity index (χ1n) is 11.1. The minimum Gasteiger partial charge on any atom is -0.495 e. The van der Waals surface area contributed by atoms with E-state index in [1.807, 2.05) is 31.2 Å². The lowest BCUT2D eigenvalue weighted by atomic mass is 10.1. The fraction of sp³-hybridized carbons (Fsp3) is 0.185. The van der Waals surface area contributed by atoms with Crippen molar-refractivity contribution in [3.8, 4) is 5.75 Å². The lowest BCUT2D eigenvalue weighted by molar-refractivity contribution is -0.117. The second kappa shape index (κ2) is 10.2. The zero-order chi connectivity index (χ0) is 24.9. The molecule has 0 saturated carbocycles. The highest BCUT2D eigenvalue weighted by Crippen LogP contribution is 2.23. The van der Waals surface area contributed by atoms with E-state index in [4.69, 9.17) is 4.74 Å². The fourth-order valence-corrected chi connectivity index (χ4v) is 3.80. The Morgan fingerprint density at radius 1 is 1.00 bits per heavy atom. The molecule has 0 fully saturated rings. The van der Waals surface area contributed by atoms with Gasteiger partial charge in [0, 0.05) is 6.92 Å². The number of nitrogens with zero attached hydrogens (tertiary/aromatic N) is 3. The Kier molecular flexibility index (Phi) is 6.91. The number of nitrogens with one attached hydrogen (secondary N) is 1. The number of rotatable bonds is 7. The number of hydrogen-bond acceptors (Lipinski definition) is 5. The summed E-state index contributed by atoms with van der Waals surface area (Å²) in [7, 11) is 1.52. The van der Waals surface area contributed by atoms with E-state index in [0.29, 0.717) is 22.5 Å². The van der Waals surface area contributed by atoms with Gasteiger partial charge in [-0.1, -0.05) is 54.1 Å². The summed E-state index contributed by atoms with van der Waals surface area (Å²) < 4.78 is 6.63.